The molecular weight excluding hydrogens is 386 g/mol. The molecule has 0 spiro atoms. The molecule has 0 aromatic carbocycles. The summed E-state index contributed by atoms with van der Waals surface area (Å²) in [5.74, 6) is 3.30. The zero-order valence-corrected chi connectivity index (χ0v) is 18.8. The quantitative estimate of drug-likeness (QED) is 0.779. The lowest BCUT2D eigenvalue weighted by atomic mass is 9.47. The molecule has 0 bridgehead atoms. The molecule has 0 saturated heterocycles. The van der Waals surface area contributed by atoms with Crippen LogP contribution in [-0.4, -0.2) is 22.8 Å². The highest BCUT2D eigenvalue weighted by Gasteiger charge is 2.60. The highest BCUT2D eigenvalue weighted by molar-refractivity contribution is 6.02. The van der Waals surface area contributed by atoms with E-state index in [4.69, 9.17) is 5.73 Å². The summed E-state index contributed by atoms with van der Waals surface area (Å²) in [5, 5.41) is 0. The van der Waals surface area contributed by atoms with Gasteiger partial charge in [-0.1, -0.05) is 26.0 Å². The van der Waals surface area contributed by atoms with E-state index in [0.29, 0.717) is 29.6 Å². The molecule has 5 heteroatoms. The zero-order valence-electron chi connectivity index (χ0n) is 18.8. The Kier molecular flexibility index (Phi) is 4.98. The largest absolute Gasteiger partial charge is 0.370 e. The van der Waals surface area contributed by atoms with E-state index in [1.807, 2.05) is 23.1 Å². The summed E-state index contributed by atoms with van der Waals surface area (Å²) in [6.07, 6.45) is 14.4. The Balaban J connectivity index is 1.43. The van der Waals surface area contributed by atoms with E-state index < -0.39 is 0 Å². The van der Waals surface area contributed by atoms with Gasteiger partial charge in [-0.05, 0) is 86.2 Å². The van der Waals surface area contributed by atoms with E-state index in [9.17, 15) is 9.59 Å². The number of primary amides is 1. The van der Waals surface area contributed by atoms with Crippen LogP contribution in [0.2, 0.25) is 0 Å². The average molecular weight is 422 g/mol. The number of nitrogens with two attached hydrogens (primary N) is 1. The SMILES string of the molecule is C[C@]12C=CC(=O)N(c3ccccn3)[C@@H]1CC[C@@H]1[C@@H]2CC[C@]2(C)[C@@H](CCC(N)=O)CC[C@@H]12. The molecule has 5 rings (SSSR count). The van der Waals surface area contributed by atoms with Crippen molar-refractivity contribution in [3.05, 3.63) is 36.5 Å². The highest BCUT2D eigenvalue weighted by Crippen LogP contribution is 2.66. The third-order valence-corrected chi connectivity index (χ3v) is 9.69. The summed E-state index contributed by atoms with van der Waals surface area (Å²) in [7, 11) is 0. The first-order chi connectivity index (χ1) is 14.8. The van der Waals surface area contributed by atoms with E-state index in [1.165, 1.54) is 32.1 Å². The Morgan fingerprint density at radius 1 is 1.16 bits per heavy atom. The summed E-state index contributed by atoms with van der Waals surface area (Å²) in [5.41, 5.74) is 5.78. The summed E-state index contributed by atoms with van der Waals surface area (Å²) in [6, 6.07) is 6.01. The van der Waals surface area contributed by atoms with Crippen molar-refractivity contribution in [3.8, 4) is 0 Å². The summed E-state index contributed by atoms with van der Waals surface area (Å²) in [4.78, 5) is 30.8. The number of carbonyl (C=O) groups is 2. The third kappa shape index (κ3) is 3.15. The average Bonchev–Trinajstić information content (AvgIpc) is 3.09. The van der Waals surface area contributed by atoms with E-state index in [1.54, 1.807) is 12.3 Å². The molecule has 2 N–H and O–H groups in total. The predicted octanol–water partition coefficient (Wildman–Crippen LogP) is 4.48. The normalized spacial score (nSPS) is 41.4. The minimum absolute atomic E-state index is 0.0129. The number of rotatable bonds is 4. The van der Waals surface area contributed by atoms with Crippen molar-refractivity contribution in [2.24, 2.45) is 40.2 Å². The lowest BCUT2D eigenvalue weighted by molar-refractivity contribution is -0.120. The van der Waals surface area contributed by atoms with Crippen molar-refractivity contribution >= 4 is 17.6 Å². The first-order valence-electron chi connectivity index (χ1n) is 12.1. The van der Waals surface area contributed by atoms with Crippen LogP contribution < -0.4 is 10.6 Å². The Bertz CT molecular complexity index is 899. The lowest BCUT2D eigenvalue weighted by Gasteiger charge is -2.60. The molecule has 31 heavy (non-hydrogen) atoms. The fourth-order valence-corrected chi connectivity index (χ4v) is 8.17. The topological polar surface area (TPSA) is 76.3 Å². The van der Waals surface area contributed by atoms with Gasteiger partial charge in [-0.15, -0.1) is 0 Å². The Morgan fingerprint density at radius 3 is 2.74 bits per heavy atom. The van der Waals surface area contributed by atoms with Crippen molar-refractivity contribution in [2.75, 3.05) is 4.90 Å². The molecule has 3 saturated carbocycles. The van der Waals surface area contributed by atoms with Gasteiger partial charge in [0.15, 0.2) is 0 Å². The molecular formula is C26H35N3O2. The van der Waals surface area contributed by atoms with Gasteiger partial charge in [-0.2, -0.15) is 0 Å². The van der Waals surface area contributed by atoms with Gasteiger partial charge in [0.25, 0.3) is 5.91 Å². The number of fused-ring (bicyclic) bond motifs is 5. The van der Waals surface area contributed by atoms with Crippen molar-refractivity contribution in [1.29, 1.82) is 0 Å². The first kappa shape index (κ1) is 20.7. The molecule has 1 aliphatic heterocycles. The van der Waals surface area contributed by atoms with Crippen LogP contribution in [-0.2, 0) is 9.59 Å². The highest BCUT2D eigenvalue weighted by atomic mass is 16.2. The number of amides is 2. The van der Waals surface area contributed by atoms with Crippen LogP contribution in [0.25, 0.3) is 0 Å². The standard InChI is InChI=1S/C26H35N3O2/c1-25-14-12-20-18(19(25)9-6-17(25)7-11-22(27)30)8-10-21-26(20,2)15-13-24(31)29(21)23-5-3-4-16-28-23/h3-5,13,15-21H,6-12,14H2,1-2H3,(H2,27,30)/t17-,18+,19+,20+,21-,25-,26-/m1/s1. The number of nitrogens with zero attached hydrogens (tertiary/aromatic N) is 2. The molecule has 1 aromatic heterocycles. The van der Waals surface area contributed by atoms with Crippen molar-refractivity contribution in [2.45, 2.75) is 71.3 Å². The van der Waals surface area contributed by atoms with E-state index in [2.05, 4.69) is 24.9 Å². The number of anilines is 1. The maximum atomic E-state index is 12.9. The van der Waals surface area contributed by atoms with Gasteiger partial charge in [0.1, 0.15) is 5.82 Å². The van der Waals surface area contributed by atoms with Gasteiger partial charge in [0.05, 0.1) is 0 Å². The van der Waals surface area contributed by atoms with Gasteiger partial charge < -0.3 is 5.73 Å². The van der Waals surface area contributed by atoms with Crippen LogP contribution in [0.15, 0.2) is 36.5 Å². The minimum Gasteiger partial charge on any atom is -0.370 e. The molecule has 3 fully saturated rings. The Hall–Kier alpha value is -2.17. The molecule has 1 aromatic rings. The number of pyridine rings is 1. The smallest absolute Gasteiger partial charge is 0.252 e. The van der Waals surface area contributed by atoms with Crippen LogP contribution in [0, 0.1) is 34.5 Å². The Labute approximate surface area is 185 Å². The predicted molar refractivity (Wildman–Crippen MR) is 121 cm³/mol. The molecule has 2 heterocycles. The second-order valence-electron chi connectivity index (χ2n) is 10.9. The van der Waals surface area contributed by atoms with Gasteiger partial charge in [0.2, 0.25) is 5.91 Å². The summed E-state index contributed by atoms with van der Waals surface area (Å²) < 4.78 is 0. The minimum atomic E-state index is -0.166. The number of aromatic nitrogens is 1. The molecule has 0 unspecified atom stereocenters. The molecule has 5 nitrogen and oxygen atoms in total. The van der Waals surface area contributed by atoms with Crippen molar-refractivity contribution in [3.63, 3.8) is 0 Å². The molecule has 7 atom stereocenters. The number of hydrogen-bond acceptors (Lipinski definition) is 3. The van der Waals surface area contributed by atoms with Crippen LogP contribution in [0.1, 0.15) is 65.2 Å². The maximum Gasteiger partial charge on any atom is 0.252 e. The second kappa shape index (κ2) is 7.46. The summed E-state index contributed by atoms with van der Waals surface area (Å²) in [6.45, 7) is 4.87. The Morgan fingerprint density at radius 2 is 2.00 bits per heavy atom. The van der Waals surface area contributed by atoms with Crippen LogP contribution in [0.3, 0.4) is 0 Å². The van der Waals surface area contributed by atoms with E-state index in [0.717, 1.165) is 24.6 Å². The van der Waals surface area contributed by atoms with Gasteiger partial charge >= 0.3 is 0 Å². The lowest BCUT2D eigenvalue weighted by Crippen LogP contribution is -2.61. The van der Waals surface area contributed by atoms with E-state index in [-0.39, 0.29) is 23.3 Å². The second-order valence-corrected chi connectivity index (χ2v) is 10.9. The van der Waals surface area contributed by atoms with Crippen LogP contribution >= 0.6 is 0 Å². The molecule has 2 amide bonds. The zero-order chi connectivity index (χ0) is 21.8. The third-order valence-electron chi connectivity index (χ3n) is 9.69. The number of carbonyl (C=O) groups excluding carboxylic acids is 2. The van der Waals surface area contributed by atoms with Gasteiger partial charge in [-0.25, -0.2) is 4.98 Å². The van der Waals surface area contributed by atoms with Crippen molar-refractivity contribution < 1.29 is 9.59 Å². The molecule has 166 valence electrons. The molecule has 3 aliphatic carbocycles. The molecule has 0 radical (unpaired) electrons. The number of hydrogen-bond donors (Lipinski definition) is 1. The van der Waals surface area contributed by atoms with Crippen molar-refractivity contribution in [1.82, 2.24) is 4.98 Å². The monoisotopic (exact) mass is 421 g/mol. The van der Waals surface area contributed by atoms with Crippen LogP contribution in [0.5, 0.6) is 0 Å². The first-order valence-corrected chi connectivity index (χ1v) is 12.1. The van der Waals surface area contributed by atoms with Gasteiger partial charge in [-0.3, -0.25) is 14.5 Å². The molecule has 4 aliphatic rings. The van der Waals surface area contributed by atoms with Crippen LogP contribution in [0.4, 0.5) is 5.82 Å². The van der Waals surface area contributed by atoms with Gasteiger partial charge in [0, 0.05) is 30.2 Å². The fourth-order valence-electron chi connectivity index (χ4n) is 8.17. The maximum absolute atomic E-state index is 12.9. The van der Waals surface area contributed by atoms with E-state index >= 15 is 0 Å². The fraction of sp³-hybridized carbons (Fsp3) is 0.654. The summed E-state index contributed by atoms with van der Waals surface area (Å²) >= 11 is 0.